The van der Waals surface area contributed by atoms with Crippen molar-refractivity contribution in [1.29, 1.82) is 0 Å². The summed E-state index contributed by atoms with van der Waals surface area (Å²) in [6.07, 6.45) is -3.78. The number of carbonyl (C=O) groups excluding carboxylic acids is 1. The molecule has 1 atom stereocenters. The van der Waals surface area contributed by atoms with Gasteiger partial charge in [0.2, 0.25) is 5.54 Å². The van der Waals surface area contributed by atoms with Crippen molar-refractivity contribution in [3.8, 4) is 0 Å². The number of nitrogens with one attached hydrogen (secondary N) is 2. The number of H-pyrrole nitrogens is 1. The van der Waals surface area contributed by atoms with Crippen LogP contribution < -0.4 is 5.32 Å². The number of aromatic nitrogens is 1. The van der Waals surface area contributed by atoms with Crippen molar-refractivity contribution in [2.24, 2.45) is 0 Å². The van der Waals surface area contributed by atoms with Gasteiger partial charge in [-0.15, -0.1) is 0 Å². The molecule has 5 nitrogen and oxygen atoms in total. The maximum Gasteiger partial charge on any atom is 0.422 e. The standard InChI is InChI=1S/C9H8BrF3N2O3/c1-8(7(17)18,9(11,12)13)15-6(16)5-2-4(10)3-14-5/h2-3,14H,1H3,(H,15,16)(H,17,18). The molecule has 0 aromatic carbocycles. The van der Waals surface area contributed by atoms with E-state index < -0.39 is 23.6 Å². The molecule has 0 aliphatic carbocycles. The average Bonchev–Trinajstić information content (AvgIpc) is 2.62. The van der Waals surface area contributed by atoms with E-state index in [1.165, 1.54) is 17.6 Å². The van der Waals surface area contributed by atoms with Crippen LogP contribution in [0.4, 0.5) is 13.2 Å². The summed E-state index contributed by atoms with van der Waals surface area (Å²) in [7, 11) is 0. The number of hydrogen-bond donors (Lipinski definition) is 3. The fourth-order valence-corrected chi connectivity index (χ4v) is 1.38. The summed E-state index contributed by atoms with van der Waals surface area (Å²) < 4.78 is 38.3. The number of carbonyl (C=O) groups is 2. The van der Waals surface area contributed by atoms with Gasteiger partial charge < -0.3 is 15.4 Å². The smallest absolute Gasteiger partial charge is 0.422 e. The molecule has 1 rings (SSSR count). The van der Waals surface area contributed by atoms with E-state index in [1.807, 2.05) is 0 Å². The summed E-state index contributed by atoms with van der Waals surface area (Å²) in [5.74, 6) is -3.35. The van der Waals surface area contributed by atoms with E-state index >= 15 is 0 Å². The number of aliphatic carboxylic acids is 1. The highest BCUT2D eigenvalue weighted by atomic mass is 79.9. The van der Waals surface area contributed by atoms with E-state index in [2.05, 4.69) is 20.9 Å². The molecule has 1 aromatic rings. The first kappa shape index (κ1) is 14.6. The van der Waals surface area contributed by atoms with Crippen LogP contribution in [0.3, 0.4) is 0 Å². The lowest BCUT2D eigenvalue weighted by Crippen LogP contribution is -2.61. The molecule has 18 heavy (non-hydrogen) atoms. The van der Waals surface area contributed by atoms with E-state index in [9.17, 15) is 22.8 Å². The summed E-state index contributed by atoms with van der Waals surface area (Å²) in [5, 5.41) is 10.1. The van der Waals surface area contributed by atoms with E-state index in [1.54, 1.807) is 0 Å². The normalized spacial score (nSPS) is 14.9. The van der Waals surface area contributed by atoms with Gasteiger partial charge in [0, 0.05) is 10.7 Å². The van der Waals surface area contributed by atoms with Crippen molar-refractivity contribution >= 4 is 27.8 Å². The average molecular weight is 329 g/mol. The Morgan fingerprint density at radius 3 is 2.33 bits per heavy atom. The minimum Gasteiger partial charge on any atom is -0.479 e. The van der Waals surface area contributed by atoms with Gasteiger partial charge in [-0.25, -0.2) is 4.79 Å². The highest BCUT2D eigenvalue weighted by molar-refractivity contribution is 9.10. The molecule has 100 valence electrons. The first-order chi connectivity index (χ1) is 8.08. The molecule has 1 heterocycles. The second-order valence-corrected chi connectivity index (χ2v) is 4.53. The van der Waals surface area contributed by atoms with Crippen LogP contribution in [0.15, 0.2) is 16.7 Å². The lowest BCUT2D eigenvalue weighted by Gasteiger charge is -2.28. The predicted molar refractivity (Wildman–Crippen MR) is 58.1 cm³/mol. The Hall–Kier alpha value is -1.51. The Morgan fingerprint density at radius 2 is 2.00 bits per heavy atom. The molecule has 3 N–H and O–H groups in total. The molecule has 0 aliphatic heterocycles. The third-order valence-electron chi connectivity index (χ3n) is 2.25. The fraction of sp³-hybridized carbons (Fsp3) is 0.333. The van der Waals surface area contributed by atoms with E-state index in [4.69, 9.17) is 5.11 Å². The first-order valence-corrected chi connectivity index (χ1v) is 5.34. The van der Waals surface area contributed by atoms with Crippen molar-refractivity contribution in [2.45, 2.75) is 18.6 Å². The maximum atomic E-state index is 12.6. The summed E-state index contributed by atoms with van der Waals surface area (Å²) in [4.78, 5) is 24.6. The molecule has 0 saturated heterocycles. The Morgan fingerprint density at radius 1 is 1.44 bits per heavy atom. The molecular weight excluding hydrogens is 321 g/mol. The first-order valence-electron chi connectivity index (χ1n) is 4.54. The summed E-state index contributed by atoms with van der Waals surface area (Å²) in [6.45, 7) is 0.380. The molecule has 1 aromatic heterocycles. The molecule has 9 heteroatoms. The Bertz CT molecular complexity index is 486. The summed E-state index contributed by atoms with van der Waals surface area (Å²) >= 11 is 3.00. The highest BCUT2D eigenvalue weighted by Crippen LogP contribution is 2.30. The fourth-order valence-electron chi connectivity index (χ4n) is 1.04. The van der Waals surface area contributed by atoms with Gasteiger partial charge in [0.15, 0.2) is 0 Å². The third kappa shape index (κ3) is 2.66. The van der Waals surface area contributed by atoms with Gasteiger partial charge in [-0.3, -0.25) is 4.79 Å². The molecule has 1 unspecified atom stereocenters. The predicted octanol–water partition coefficient (Wildman–Crippen LogP) is 1.91. The van der Waals surface area contributed by atoms with Crippen molar-refractivity contribution in [1.82, 2.24) is 10.3 Å². The van der Waals surface area contributed by atoms with Crippen LogP contribution in [0.1, 0.15) is 17.4 Å². The Balaban J connectivity index is 3.00. The van der Waals surface area contributed by atoms with Gasteiger partial charge >= 0.3 is 12.1 Å². The van der Waals surface area contributed by atoms with Gasteiger partial charge in [0.25, 0.3) is 5.91 Å². The topological polar surface area (TPSA) is 82.2 Å². The van der Waals surface area contributed by atoms with Crippen LogP contribution in [-0.4, -0.2) is 33.7 Å². The number of amides is 1. The molecule has 0 spiro atoms. The molecule has 0 aliphatic rings. The zero-order chi connectivity index (χ0) is 14.1. The van der Waals surface area contributed by atoms with Crippen LogP contribution in [-0.2, 0) is 4.79 Å². The van der Waals surface area contributed by atoms with Crippen molar-refractivity contribution in [3.63, 3.8) is 0 Å². The number of aromatic amines is 1. The van der Waals surface area contributed by atoms with Crippen LogP contribution in [0.5, 0.6) is 0 Å². The van der Waals surface area contributed by atoms with Gasteiger partial charge in [-0.2, -0.15) is 13.2 Å². The number of carboxylic acids is 1. The van der Waals surface area contributed by atoms with Crippen molar-refractivity contribution < 1.29 is 27.9 Å². The quantitative estimate of drug-likeness (QED) is 0.792. The lowest BCUT2D eigenvalue weighted by atomic mass is 10.0. The largest absolute Gasteiger partial charge is 0.479 e. The zero-order valence-corrected chi connectivity index (χ0v) is 10.5. The Kier molecular flexibility index (Phi) is 3.75. The molecular formula is C9H8BrF3N2O3. The second kappa shape index (κ2) is 4.63. The van der Waals surface area contributed by atoms with Crippen LogP contribution in [0, 0.1) is 0 Å². The number of carboxylic acid groups (broad SMARTS) is 1. The molecule has 0 radical (unpaired) electrons. The van der Waals surface area contributed by atoms with E-state index in [-0.39, 0.29) is 5.69 Å². The second-order valence-electron chi connectivity index (χ2n) is 3.61. The third-order valence-corrected chi connectivity index (χ3v) is 2.71. The number of hydrogen-bond acceptors (Lipinski definition) is 2. The highest BCUT2D eigenvalue weighted by Gasteiger charge is 2.58. The monoisotopic (exact) mass is 328 g/mol. The Labute approximate surface area is 107 Å². The van der Waals surface area contributed by atoms with Crippen LogP contribution in [0.2, 0.25) is 0 Å². The molecule has 0 saturated carbocycles. The lowest BCUT2D eigenvalue weighted by molar-refractivity contribution is -0.203. The maximum absolute atomic E-state index is 12.6. The SMILES string of the molecule is CC(NC(=O)c1cc(Br)c[nH]1)(C(=O)O)C(F)(F)F. The van der Waals surface area contributed by atoms with Gasteiger partial charge in [-0.1, -0.05) is 0 Å². The van der Waals surface area contributed by atoms with E-state index in [0.717, 1.165) is 0 Å². The van der Waals surface area contributed by atoms with Gasteiger partial charge in [-0.05, 0) is 28.9 Å². The zero-order valence-electron chi connectivity index (χ0n) is 8.93. The number of halogens is 4. The number of rotatable bonds is 3. The van der Waals surface area contributed by atoms with Crippen LogP contribution in [0.25, 0.3) is 0 Å². The van der Waals surface area contributed by atoms with Crippen molar-refractivity contribution in [2.75, 3.05) is 0 Å². The van der Waals surface area contributed by atoms with Crippen LogP contribution >= 0.6 is 15.9 Å². The molecule has 1 amide bonds. The minimum absolute atomic E-state index is 0.182. The summed E-state index contributed by atoms with van der Waals surface area (Å²) in [5.41, 5.74) is -3.53. The molecule has 0 fully saturated rings. The van der Waals surface area contributed by atoms with E-state index in [0.29, 0.717) is 11.4 Å². The van der Waals surface area contributed by atoms with Gasteiger partial charge in [0.1, 0.15) is 5.69 Å². The molecule has 0 bridgehead atoms. The van der Waals surface area contributed by atoms with Crippen molar-refractivity contribution in [3.05, 3.63) is 22.4 Å². The number of alkyl halides is 3. The van der Waals surface area contributed by atoms with Gasteiger partial charge in [0.05, 0.1) is 0 Å². The minimum atomic E-state index is -5.11. The summed E-state index contributed by atoms with van der Waals surface area (Å²) in [6, 6.07) is 1.23.